The highest BCUT2D eigenvalue weighted by Crippen LogP contribution is 1.47. The Morgan fingerprint density at radius 2 is 1.06 bits per heavy atom. The highest BCUT2D eigenvalue weighted by molar-refractivity contribution is 4.60. The van der Waals surface area contributed by atoms with Gasteiger partial charge in [-0.25, -0.2) is 14.4 Å². The fourth-order valence-electron chi connectivity index (χ4n) is 0.403. The van der Waals surface area contributed by atoms with Crippen LogP contribution < -0.4 is 17.1 Å². The lowest BCUT2D eigenvalue weighted by molar-refractivity contribution is 0.505. The van der Waals surface area contributed by atoms with Gasteiger partial charge in [0, 0.05) is 0 Å². The molecule has 16 heavy (non-hydrogen) atoms. The van der Waals surface area contributed by atoms with E-state index < -0.39 is 17.1 Å². The Hall–Kier alpha value is -1.89. The number of allylic oxidation sites excluding steroid dienone is 1. The van der Waals surface area contributed by atoms with Gasteiger partial charge < -0.3 is 4.90 Å². The zero-order valence-corrected chi connectivity index (χ0v) is 9.96. The van der Waals surface area contributed by atoms with Gasteiger partial charge in [-0.2, -0.15) is 0 Å². The predicted molar refractivity (Wildman–Crippen MR) is 63.8 cm³/mol. The Bertz CT molecular complexity index is 360. The van der Waals surface area contributed by atoms with Crippen molar-refractivity contribution in [1.82, 2.24) is 19.9 Å². The summed E-state index contributed by atoms with van der Waals surface area (Å²) < 4.78 is 0. The monoisotopic (exact) mass is 230 g/mol. The Morgan fingerprint density at radius 3 is 1.19 bits per heavy atom. The van der Waals surface area contributed by atoms with E-state index in [9.17, 15) is 14.4 Å². The van der Waals surface area contributed by atoms with Crippen LogP contribution in [0.2, 0.25) is 0 Å². The van der Waals surface area contributed by atoms with Crippen molar-refractivity contribution in [2.45, 2.75) is 6.92 Å². The number of aromatic amines is 3. The number of aromatic nitrogens is 3. The van der Waals surface area contributed by atoms with Crippen molar-refractivity contribution in [2.24, 2.45) is 0 Å². The third-order valence-electron chi connectivity index (χ3n) is 0.681. The fraction of sp³-hybridized carbons (Fsp3) is 0.444. The number of hydrogen-bond acceptors (Lipinski definition) is 4. The standard InChI is InChI=1S/C3H3N3O3.C3H9N.C3H6/c7-1-4-2(8)6-3(9)5-1;1-4(2)3;1-3-2/h(H3,4,5,6,7,8,9);1-3H3;3H,1H2,2H3. The van der Waals surface area contributed by atoms with Crippen molar-refractivity contribution in [2.75, 3.05) is 21.1 Å². The lowest BCUT2D eigenvalue weighted by Crippen LogP contribution is -2.34. The van der Waals surface area contributed by atoms with Gasteiger partial charge in [-0.15, -0.1) is 6.58 Å². The number of nitrogens with zero attached hydrogens (tertiary/aromatic N) is 1. The SMILES string of the molecule is C=CC.CN(C)C.O=c1[nH]c(=O)[nH]c(=O)[nH]1. The molecule has 7 heteroatoms. The number of rotatable bonds is 0. The minimum Gasteiger partial charge on any atom is -0.312 e. The molecule has 1 aromatic rings. The van der Waals surface area contributed by atoms with E-state index in [-0.39, 0.29) is 0 Å². The summed E-state index contributed by atoms with van der Waals surface area (Å²) in [5, 5.41) is 0. The van der Waals surface area contributed by atoms with Crippen molar-refractivity contribution >= 4 is 0 Å². The molecule has 0 aliphatic heterocycles. The molecule has 1 rings (SSSR count). The summed E-state index contributed by atoms with van der Waals surface area (Å²) in [4.78, 5) is 37.9. The van der Waals surface area contributed by atoms with Gasteiger partial charge in [-0.1, -0.05) is 6.08 Å². The van der Waals surface area contributed by atoms with Crippen LogP contribution in [0.5, 0.6) is 0 Å². The third kappa shape index (κ3) is 14.6. The number of nitrogens with one attached hydrogen (secondary N) is 3. The summed E-state index contributed by atoms with van der Waals surface area (Å²) in [5.41, 5.74) is -2.41. The molecule has 0 bridgehead atoms. The molecule has 0 aliphatic carbocycles. The molecule has 0 aliphatic rings. The zero-order valence-electron chi connectivity index (χ0n) is 9.96. The summed E-state index contributed by atoms with van der Waals surface area (Å²) >= 11 is 0. The molecule has 0 spiro atoms. The Morgan fingerprint density at radius 1 is 0.938 bits per heavy atom. The van der Waals surface area contributed by atoms with Crippen LogP contribution in [-0.2, 0) is 0 Å². The van der Waals surface area contributed by atoms with Crippen molar-refractivity contribution in [3.63, 3.8) is 0 Å². The van der Waals surface area contributed by atoms with E-state index in [1.165, 1.54) is 0 Å². The van der Waals surface area contributed by atoms with Gasteiger partial charge in [0.15, 0.2) is 0 Å². The highest BCUT2D eigenvalue weighted by Gasteiger charge is 1.85. The van der Waals surface area contributed by atoms with Crippen LogP contribution >= 0.6 is 0 Å². The van der Waals surface area contributed by atoms with Gasteiger partial charge in [0.1, 0.15) is 0 Å². The first-order chi connectivity index (χ1) is 7.33. The molecule has 0 fully saturated rings. The normalized spacial score (nSPS) is 8.31. The molecule has 1 heterocycles. The average Bonchev–Trinajstić information content (AvgIpc) is 2.00. The third-order valence-corrected chi connectivity index (χ3v) is 0.681. The number of hydrogen-bond donors (Lipinski definition) is 3. The van der Waals surface area contributed by atoms with Crippen molar-refractivity contribution < 1.29 is 0 Å². The minimum absolute atomic E-state index is 0.802. The zero-order chi connectivity index (χ0) is 13.1. The molecule has 3 N–H and O–H groups in total. The first-order valence-corrected chi connectivity index (χ1v) is 4.44. The quantitative estimate of drug-likeness (QED) is 0.504. The van der Waals surface area contributed by atoms with Gasteiger partial charge in [0.05, 0.1) is 0 Å². The molecular formula is C9H18N4O3. The minimum atomic E-state index is -0.802. The Labute approximate surface area is 92.8 Å². The molecular weight excluding hydrogens is 212 g/mol. The second kappa shape index (κ2) is 9.66. The lowest BCUT2D eigenvalue weighted by atomic mass is 10.8. The second-order valence-corrected chi connectivity index (χ2v) is 3.11. The molecule has 92 valence electrons. The van der Waals surface area contributed by atoms with E-state index in [1.54, 1.807) is 21.0 Å². The summed E-state index contributed by atoms with van der Waals surface area (Å²) in [5.74, 6) is 0. The summed E-state index contributed by atoms with van der Waals surface area (Å²) in [7, 11) is 6.00. The van der Waals surface area contributed by atoms with E-state index in [0.717, 1.165) is 0 Å². The molecule has 0 aromatic carbocycles. The molecule has 7 nitrogen and oxygen atoms in total. The molecule has 0 amide bonds. The highest BCUT2D eigenvalue weighted by atomic mass is 16.2. The van der Waals surface area contributed by atoms with Crippen LogP contribution in [-0.4, -0.2) is 41.0 Å². The van der Waals surface area contributed by atoms with Crippen molar-refractivity contribution in [1.29, 1.82) is 0 Å². The molecule has 0 saturated heterocycles. The maximum atomic E-state index is 10.2. The van der Waals surface area contributed by atoms with Crippen LogP contribution in [0.15, 0.2) is 27.0 Å². The van der Waals surface area contributed by atoms with Crippen LogP contribution in [0.25, 0.3) is 0 Å². The van der Waals surface area contributed by atoms with Gasteiger partial charge in [0.25, 0.3) is 0 Å². The lowest BCUT2D eigenvalue weighted by Gasteiger charge is -1.90. The topological polar surface area (TPSA) is 102 Å². The smallest absolute Gasteiger partial charge is 0.312 e. The summed E-state index contributed by atoms with van der Waals surface area (Å²) in [6, 6.07) is 0. The molecule has 0 radical (unpaired) electrons. The Kier molecular flexibility index (Phi) is 9.98. The fourth-order valence-corrected chi connectivity index (χ4v) is 0.403. The molecule has 0 unspecified atom stereocenters. The molecule has 0 saturated carbocycles. The van der Waals surface area contributed by atoms with Gasteiger partial charge in [0.2, 0.25) is 0 Å². The van der Waals surface area contributed by atoms with E-state index in [1.807, 2.05) is 33.0 Å². The molecule has 0 atom stereocenters. The largest absolute Gasteiger partial charge is 0.330 e. The van der Waals surface area contributed by atoms with Crippen molar-refractivity contribution in [3.8, 4) is 0 Å². The maximum absolute atomic E-state index is 10.2. The van der Waals surface area contributed by atoms with Crippen LogP contribution in [0, 0.1) is 0 Å². The van der Waals surface area contributed by atoms with Gasteiger partial charge >= 0.3 is 17.1 Å². The first kappa shape index (κ1) is 16.5. The maximum Gasteiger partial charge on any atom is 0.330 e. The van der Waals surface area contributed by atoms with E-state index in [0.29, 0.717) is 0 Å². The first-order valence-electron chi connectivity index (χ1n) is 4.44. The van der Waals surface area contributed by atoms with Crippen LogP contribution in [0.4, 0.5) is 0 Å². The Balaban J connectivity index is 0. The van der Waals surface area contributed by atoms with Crippen LogP contribution in [0.3, 0.4) is 0 Å². The second-order valence-electron chi connectivity index (χ2n) is 3.11. The average molecular weight is 230 g/mol. The van der Waals surface area contributed by atoms with Crippen LogP contribution in [0.1, 0.15) is 6.92 Å². The predicted octanol–water partition coefficient (Wildman–Crippen LogP) is -0.878. The summed E-state index contributed by atoms with van der Waals surface area (Å²) in [6.45, 7) is 5.25. The summed E-state index contributed by atoms with van der Waals surface area (Å²) in [6.07, 6.45) is 1.75. The van der Waals surface area contributed by atoms with E-state index in [2.05, 4.69) is 6.58 Å². The molecule has 1 aromatic heterocycles. The van der Waals surface area contributed by atoms with Gasteiger partial charge in [-0.05, 0) is 28.1 Å². The number of H-pyrrole nitrogens is 3. The van der Waals surface area contributed by atoms with E-state index >= 15 is 0 Å². The van der Waals surface area contributed by atoms with Crippen molar-refractivity contribution in [3.05, 3.63) is 44.1 Å². The van der Waals surface area contributed by atoms with E-state index in [4.69, 9.17) is 0 Å². The van der Waals surface area contributed by atoms with Gasteiger partial charge in [-0.3, -0.25) is 15.0 Å².